The van der Waals surface area contributed by atoms with Gasteiger partial charge < -0.3 is 25.3 Å². The third-order valence-corrected chi connectivity index (χ3v) is 7.07. The summed E-state index contributed by atoms with van der Waals surface area (Å²) in [7, 11) is 0. The van der Waals surface area contributed by atoms with Crippen LogP contribution in [0.25, 0.3) is 0 Å². The second-order valence-electron chi connectivity index (χ2n) is 10.3. The fourth-order valence-electron chi connectivity index (χ4n) is 5.44. The predicted octanol–water partition coefficient (Wildman–Crippen LogP) is 1.96. The van der Waals surface area contributed by atoms with Crippen molar-refractivity contribution in [3.05, 3.63) is 35.9 Å². The summed E-state index contributed by atoms with van der Waals surface area (Å²) in [6, 6.07) is 8.28. The van der Waals surface area contributed by atoms with E-state index in [4.69, 9.17) is 5.11 Å². The molecule has 2 saturated heterocycles. The highest BCUT2D eigenvalue weighted by molar-refractivity contribution is 5.88. The maximum absolute atomic E-state index is 13.9. The molecule has 0 aromatic heterocycles. The minimum atomic E-state index is -1.04. The molecule has 0 radical (unpaired) electrons. The van der Waals surface area contributed by atoms with Gasteiger partial charge >= 0.3 is 5.97 Å². The number of carbonyl (C=O) groups is 4. The third-order valence-electron chi connectivity index (χ3n) is 7.07. The van der Waals surface area contributed by atoms with Crippen molar-refractivity contribution < 1.29 is 29.4 Å². The van der Waals surface area contributed by atoms with Gasteiger partial charge in [0.15, 0.2) is 0 Å². The molecule has 2 aliphatic heterocycles. The van der Waals surface area contributed by atoms with Gasteiger partial charge in [-0.2, -0.15) is 0 Å². The number of carbonyl (C=O) groups excluding carboxylic acids is 3. The molecule has 3 amide bonds. The lowest BCUT2D eigenvalue weighted by Gasteiger charge is -2.52. The van der Waals surface area contributed by atoms with Crippen molar-refractivity contribution in [3.63, 3.8) is 0 Å². The summed E-state index contributed by atoms with van der Waals surface area (Å²) in [5, 5.41) is 22.8. The Morgan fingerprint density at radius 3 is 2.31 bits per heavy atom. The first-order chi connectivity index (χ1) is 16.5. The van der Waals surface area contributed by atoms with E-state index in [9.17, 15) is 24.3 Å². The quantitative estimate of drug-likeness (QED) is 0.514. The monoisotopic (exact) mass is 487 g/mol. The lowest BCUT2D eigenvalue weighted by atomic mass is 9.68. The second-order valence-corrected chi connectivity index (χ2v) is 10.3. The van der Waals surface area contributed by atoms with E-state index >= 15 is 0 Å². The summed E-state index contributed by atoms with van der Waals surface area (Å²) in [6.45, 7) is 6.53. The van der Waals surface area contributed by atoms with Crippen molar-refractivity contribution >= 4 is 23.7 Å². The molecule has 0 aliphatic carbocycles. The van der Waals surface area contributed by atoms with Crippen molar-refractivity contribution in [2.45, 2.75) is 71.1 Å². The van der Waals surface area contributed by atoms with Gasteiger partial charge in [-0.15, -0.1) is 0 Å². The van der Waals surface area contributed by atoms with Gasteiger partial charge in [-0.3, -0.25) is 19.2 Å². The Balaban J connectivity index is 1.76. The average Bonchev–Trinajstić information content (AvgIpc) is 2.80. The summed E-state index contributed by atoms with van der Waals surface area (Å²) < 4.78 is 0. The van der Waals surface area contributed by atoms with Crippen LogP contribution in [0.4, 0.5) is 0 Å². The number of hydrogen-bond acceptors (Lipinski definition) is 5. The van der Waals surface area contributed by atoms with Crippen LogP contribution in [0.15, 0.2) is 30.3 Å². The lowest BCUT2D eigenvalue weighted by Crippen LogP contribution is -2.60. The number of amides is 3. The highest BCUT2D eigenvalue weighted by Crippen LogP contribution is 2.47. The number of carboxylic acid groups (broad SMARTS) is 1. The molecule has 2 aliphatic rings. The average molecular weight is 488 g/mol. The number of aliphatic carboxylic acids is 1. The zero-order valence-electron chi connectivity index (χ0n) is 20.8. The van der Waals surface area contributed by atoms with Gasteiger partial charge in [-0.1, -0.05) is 44.2 Å². The first-order valence-electron chi connectivity index (χ1n) is 12.4. The minimum absolute atomic E-state index is 0.00789. The van der Waals surface area contributed by atoms with E-state index in [2.05, 4.69) is 5.32 Å². The van der Waals surface area contributed by atoms with E-state index in [0.29, 0.717) is 38.9 Å². The van der Waals surface area contributed by atoms with Crippen molar-refractivity contribution in [2.24, 2.45) is 11.3 Å². The maximum atomic E-state index is 13.9. The van der Waals surface area contributed by atoms with Crippen LogP contribution in [-0.2, 0) is 19.2 Å². The van der Waals surface area contributed by atoms with E-state index in [-0.39, 0.29) is 30.6 Å². The Kier molecular flexibility index (Phi) is 8.53. The molecular weight excluding hydrogens is 450 g/mol. The van der Waals surface area contributed by atoms with Crippen molar-refractivity contribution in [3.8, 4) is 0 Å². The number of hydrogen-bond donors (Lipinski definition) is 3. The van der Waals surface area contributed by atoms with Crippen LogP contribution >= 0.6 is 0 Å². The molecule has 1 aromatic rings. The molecule has 1 spiro atoms. The van der Waals surface area contributed by atoms with Crippen LogP contribution in [0.5, 0.6) is 0 Å². The minimum Gasteiger partial charge on any atom is -0.481 e. The summed E-state index contributed by atoms with van der Waals surface area (Å²) in [5.74, 6) is -1.53. The first-order valence-corrected chi connectivity index (χ1v) is 12.4. The van der Waals surface area contributed by atoms with Crippen LogP contribution in [0.2, 0.25) is 0 Å². The van der Waals surface area contributed by atoms with Crippen molar-refractivity contribution in [1.29, 1.82) is 0 Å². The Bertz CT molecular complexity index is 926. The summed E-state index contributed by atoms with van der Waals surface area (Å²) >= 11 is 0. The van der Waals surface area contributed by atoms with E-state index in [1.165, 1.54) is 6.92 Å². The molecule has 3 N–H and O–H groups in total. The molecule has 0 unspecified atom stereocenters. The molecule has 9 nitrogen and oxygen atoms in total. The normalized spacial score (nSPS) is 22.8. The molecule has 2 fully saturated rings. The van der Waals surface area contributed by atoms with E-state index < -0.39 is 35.5 Å². The SMILES string of the molecule is CC(=O)N[C@@H](CCC(=O)O)C(=O)N1CCC2(CC1)C[C@@H](O)[C@H](c1ccccc1)N(CC(C)C)C2=O. The zero-order valence-corrected chi connectivity index (χ0v) is 20.8. The highest BCUT2D eigenvalue weighted by Gasteiger charge is 2.53. The van der Waals surface area contributed by atoms with Gasteiger partial charge in [-0.25, -0.2) is 0 Å². The number of carboxylic acids is 1. The molecule has 0 saturated carbocycles. The van der Waals surface area contributed by atoms with Crippen LogP contribution in [-0.4, -0.2) is 75.5 Å². The Labute approximate surface area is 206 Å². The largest absolute Gasteiger partial charge is 0.481 e. The molecule has 3 atom stereocenters. The van der Waals surface area contributed by atoms with E-state index in [1.54, 1.807) is 4.90 Å². The summed E-state index contributed by atoms with van der Waals surface area (Å²) in [4.78, 5) is 53.0. The second kappa shape index (κ2) is 11.2. The first kappa shape index (κ1) is 26.7. The van der Waals surface area contributed by atoms with E-state index in [0.717, 1.165) is 5.56 Å². The van der Waals surface area contributed by atoms with Crippen LogP contribution < -0.4 is 5.32 Å². The molecule has 192 valence electrons. The Morgan fingerprint density at radius 1 is 1.14 bits per heavy atom. The van der Waals surface area contributed by atoms with Gasteiger partial charge in [-0.05, 0) is 37.2 Å². The van der Waals surface area contributed by atoms with Gasteiger partial charge in [0.2, 0.25) is 17.7 Å². The van der Waals surface area contributed by atoms with Crippen LogP contribution in [0.3, 0.4) is 0 Å². The van der Waals surface area contributed by atoms with Gasteiger partial charge in [0, 0.05) is 33.0 Å². The summed E-state index contributed by atoms with van der Waals surface area (Å²) in [5.41, 5.74) is 0.161. The number of aliphatic hydroxyl groups is 1. The number of nitrogens with zero attached hydrogens (tertiary/aromatic N) is 2. The molecule has 0 bridgehead atoms. The Hall–Kier alpha value is -2.94. The van der Waals surface area contributed by atoms with Crippen molar-refractivity contribution in [1.82, 2.24) is 15.1 Å². The van der Waals surface area contributed by atoms with E-state index in [1.807, 2.05) is 49.1 Å². The third kappa shape index (κ3) is 6.20. The molecule has 1 aromatic carbocycles. The van der Waals surface area contributed by atoms with Gasteiger partial charge in [0.25, 0.3) is 0 Å². The number of aliphatic hydroxyl groups excluding tert-OH is 1. The number of likely N-dealkylation sites (tertiary alicyclic amines) is 2. The fraction of sp³-hybridized carbons (Fsp3) is 0.615. The van der Waals surface area contributed by atoms with Crippen LogP contribution in [0, 0.1) is 11.3 Å². The fourth-order valence-corrected chi connectivity index (χ4v) is 5.44. The maximum Gasteiger partial charge on any atom is 0.303 e. The number of benzene rings is 1. The van der Waals surface area contributed by atoms with Gasteiger partial charge in [0.05, 0.1) is 17.6 Å². The van der Waals surface area contributed by atoms with Gasteiger partial charge in [0.1, 0.15) is 6.04 Å². The predicted molar refractivity (Wildman–Crippen MR) is 129 cm³/mol. The molecular formula is C26H37N3O6. The molecule has 9 heteroatoms. The molecule has 3 rings (SSSR count). The number of nitrogens with one attached hydrogen (secondary N) is 1. The lowest BCUT2D eigenvalue weighted by molar-refractivity contribution is -0.167. The Morgan fingerprint density at radius 2 is 1.77 bits per heavy atom. The molecule has 2 heterocycles. The zero-order chi connectivity index (χ0) is 25.8. The smallest absolute Gasteiger partial charge is 0.303 e. The van der Waals surface area contributed by atoms with Crippen molar-refractivity contribution in [2.75, 3.05) is 19.6 Å². The summed E-state index contributed by atoms with van der Waals surface area (Å²) in [6.07, 6.45) is 0.208. The molecule has 35 heavy (non-hydrogen) atoms. The number of piperidine rings is 2. The van der Waals surface area contributed by atoms with Crippen LogP contribution in [0.1, 0.15) is 64.5 Å². The topological polar surface area (TPSA) is 127 Å². The highest BCUT2D eigenvalue weighted by atomic mass is 16.4. The number of rotatable bonds is 8. The standard InChI is InChI=1S/C26H37N3O6/c1-17(2)16-29-23(19-7-5-4-6-8-19)21(31)15-26(25(29)35)11-13-28(14-12-26)24(34)20(27-18(3)30)9-10-22(32)33/h4-8,17,20-21,23,31H,9-16H2,1-3H3,(H,27,30)(H,32,33)/t20-,21+,23-/m0/s1.